The second kappa shape index (κ2) is 8.75. The molecule has 0 spiro atoms. The minimum atomic E-state index is -0.339. The summed E-state index contributed by atoms with van der Waals surface area (Å²) in [7, 11) is 2.98. The molecule has 2 aromatic heterocycles. The lowest BCUT2D eigenvalue weighted by Crippen LogP contribution is -2.27. The zero-order valence-electron chi connectivity index (χ0n) is 17.0. The van der Waals surface area contributed by atoms with E-state index in [-0.39, 0.29) is 17.3 Å². The van der Waals surface area contributed by atoms with Crippen molar-refractivity contribution in [2.45, 2.75) is 13.2 Å². The van der Waals surface area contributed by atoms with Crippen LogP contribution in [-0.4, -0.2) is 41.3 Å². The number of hydrogen-bond acceptors (Lipinski definition) is 7. The number of aromatic nitrogens is 2. The Morgan fingerprint density at radius 1 is 1.19 bits per heavy atom. The van der Waals surface area contributed by atoms with E-state index in [1.54, 1.807) is 18.2 Å². The largest absolute Gasteiger partial charge is 0.493 e. The van der Waals surface area contributed by atoms with Gasteiger partial charge in [0, 0.05) is 13.1 Å². The molecule has 0 aliphatic rings. The van der Waals surface area contributed by atoms with Gasteiger partial charge >= 0.3 is 0 Å². The van der Waals surface area contributed by atoms with E-state index in [9.17, 15) is 14.7 Å². The van der Waals surface area contributed by atoms with Crippen LogP contribution in [0.3, 0.4) is 0 Å². The van der Waals surface area contributed by atoms with E-state index in [0.29, 0.717) is 46.1 Å². The van der Waals surface area contributed by atoms with E-state index in [1.807, 2.05) is 28.8 Å². The molecule has 0 bridgehead atoms. The predicted molar refractivity (Wildman–Crippen MR) is 119 cm³/mol. The maximum absolute atomic E-state index is 12.7. The molecule has 160 valence electrons. The first kappa shape index (κ1) is 20.8. The Morgan fingerprint density at radius 2 is 2.00 bits per heavy atom. The van der Waals surface area contributed by atoms with Crippen molar-refractivity contribution >= 4 is 39.0 Å². The van der Waals surface area contributed by atoms with Crippen LogP contribution in [0.25, 0.3) is 21.8 Å². The van der Waals surface area contributed by atoms with Gasteiger partial charge in [-0.3, -0.25) is 9.59 Å². The van der Waals surface area contributed by atoms with Gasteiger partial charge in [0.1, 0.15) is 12.4 Å². The summed E-state index contributed by atoms with van der Waals surface area (Å²) >= 11 is 0.859. The Labute approximate surface area is 181 Å². The molecule has 0 aliphatic carbocycles. The molecule has 0 saturated carbocycles. The van der Waals surface area contributed by atoms with Gasteiger partial charge in [0.25, 0.3) is 5.91 Å². The second-order valence-corrected chi connectivity index (χ2v) is 7.76. The van der Waals surface area contributed by atoms with Crippen molar-refractivity contribution in [3.8, 4) is 11.5 Å². The summed E-state index contributed by atoms with van der Waals surface area (Å²) < 4.78 is 12.2. The molecule has 0 atom stereocenters. The molecule has 0 unspecified atom stereocenters. The summed E-state index contributed by atoms with van der Waals surface area (Å²) in [5.41, 5.74) is 1.67. The fraction of sp³-hybridized carbons (Fsp3) is 0.227. The van der Waals surface area contributed by atoms with Gasteiger partial charge in [0.05, 0.1) is 35.5 Å². The molecule has 0 aliphatic heterocycles. The van der Waals surface area contributed by atoms with Crippen molar-refractivity contribution in [3.05, 3.63) is 62.7 Å². The number of carbonyl (C=O) groups is 1. The molecule has 0 saturated heterocycles. The second-order valence-electron chi connectivity index (χ2n) is 6.75. The topological polar surface area (TPSA) is 103 Å². The zero-order valence-corrected chi connectivity index (χ0v) is 17.9. The molecule has 4 aromatic rings. The van der Waals surface area contributed by atoms with E-state index < -0.39 is 0 Å². The highest BCUT2D eigenvalue weighted by Crippen LogP contribution is 2.34. The van der Waals surface area contributed by atoms with Gasteiger partial charge in [-0.25, -0.2) is 4.98 Å². The summed E-state index contributed by atoms with van der Waals surface area (Å²) in [6.45, 7) is 0.562. The minimum absolute atomic E-state index is 0.194. The third-order valence-corrected chi connectivity index (χ3v) is 5.90. The van der Waals surface area contributed by atoms with Gasteiger partial charge in [0.2, 0.25) is 4.74 Å². The number of nitrogens with zero attached hydrogens (tertiary/aromatic N) is 2. The number of aliphatic hydroxyl groups is 1. The highest BCUT2D eigenvalue weighted by molar-refractivity contribution is 7.12. The number of nitrogens with one attached hydrogen (secondary N) is 1. The quantitative estimate of drug-likeness (QED) is 0.459. The lowest BCUT2D eigenvalue weighted by Gasteiger charge is -2.11. The number of rotatable bonds is 7. The van der Waals surface area contributed by atoms with Crippen LogP contribution in [0.15, 0.2) is 47.3 Å². The van der Waals surface area contributed by atoms with Gasteiger partial charge in [-0.2, -0.15) is 0 Å². The first-order valence-corrected chi connectivity index (χ1v) is 10.4. The van der Waals surface area contributed by atoms with Crippen LogP contribution in [0, 0.1) is 0 Å². The molecule has 0 radical (unpaired) electrons. The van der Waals surface area contributed by atoms with Gasteiger partial charge < -0.3 is 24.5 Å². The van der Waals surface area contributed by atoms with Crippen molar-refractivity contribution in [2.24, 2.45) is 0 Å². The predicted octanol–water partition coefficient (Wildman–Crippen LogP) is 2.55. The Balaban J connectivity index is 1.55. The monoisotopic (exact) mass is 439 g/mol. The van der Waals surface area contributed by atoms with Crippen LogP contribution in [-0.2, 0) is 13.2 Å². The van der Waals surface area contributed by atoms with Crippen molar-refractivity contribution in [1.82, 2.24) is 14.9 Å². The SMILES string of the molecule is COc1ccc2cc(C(=O)NCCn3c(CO)nc4ccccc43)sc(=O)c2c1OC. The number of para-hydroxylation sites is 2. The van der Waals surface area contributed by atoms with Crippen LogP contribution in [0.5, 0.6) is 11.5 Å². The molecule has 8 nitrogen and oxygen atoms in total. The molecule has 2 N–H and O–H groups in total. The number of amides is 1. The number of ether oxygens (including phenoxy) is 2. The van der Waals surface area contributed by atoms with Crippen molar-refractivity contribution in [1.29, 1.82) is 0 Å². The number of carbonyl (C=O) groups excluding carboxylic acids is 1. The average molecular weight is 439 g/mol. The van der Waals surface area contributed by atoms with Crippen LogP contribution in [0.4, 0.5) is 0 Å². The van der Waals surface area contributed by atoms with Crippen LogP contribution in [0.2, 0.25) is 0 Å². The standard InChI is InChI=1S/C22H21N3O5S/c1-29-16-8-7-13-11-17(31-22(28)19(13)20(16)30-2)21(27)23-9-10-25-15-6-4-3-5-14(15)24-18(25)12-26/h3-8,11,26H,9-10,12H2,1-2H3,(H,23,27). The maximum Gasteiger partial charge on any atom is 0.261 e. The van der Waals surface area contributed by atoms with Crippen molar-refractivity contribution in [3.63, 3.8) is 0 Å². The Hall–Kier alpha value is -3.43. The van der Waals surface area contributed by atoms with Gasteiger partial charge in [-0.05, 0) is 29.7 Å². The molecule has 31 heavy (non-hydrogen) atoms. The van der Waals surface area contributed by atoms with Crippen LogP contribution < -0.4 is 19.5 Å². The van der Waals surface area contributed by atoms with Crippen LogP contribution >= 0.6 is 11.3 Å². The lowest BCUT2D eigenvalue weighted by atomic mass is 10.1. The average Bonchev–Trinajstić information content (AvgIpc) is 3.15. The lowest BCUT2D eigenvalue weighted by molar-refractivity contribution is 0.0956. The van der Waals surface area contributed by atoms with E-state index in [4.69, 9.17) is 9.47 Å². The van der Waals surface area contributed by atoms with Gasteiger partial charge in [-0.1, -0.05) is 29.5 Å². The Morgan fingerprint density at radius 3 is 2.74 bits per heavy atom. The van der Waals surface area contributed by atoms with E-state index in [1.165, 1.54) is 14.2 Å². The van der Waals surface area contributed by atoms with Crippen LogP contribution in [0.1, 0.15) is 15.5 Å². The number of imidazole rings is 1. The molecular weight excluding hydrogens is 418 g/mol. The molecule has 1 amide bonds. The summed E-state index contributed by atoms with van der Waals surface area (Å²) in [6.07, 6.45) is 0. The molecule has 2 aromatic carbocycles. The molecule has 2 heterocycles. The number of hydrogen-bond donors (Lipinski definition) is 2. The Kier molecular flexibility index (Phi) is 5.88. The summed E-state index contributed by atoms with van der Waals surface area (Å²) in [4.78, 5) is 30.1. The normalized spacial score (nSPS) is 11.1. The first-order chi connectivity index (χ1) is 15.1. The number of methoxy groups -OCH3 is 2. The summed E-state index contributed by atoms with van der Waals surface area (Å²) in [5, 5.41) is 13.4. The number of benzene rings is 2. The number of aliphatic hydroxyl groups excluding tert-OH is 1. The smallest absolute Gasteiger partial charge is 0.261 e. The van der Waals surface area contributed by atoms with Crippen molar-refractivity contribution < 1.29 is 19.4 Å². The minimum Gasteiger partial charge on any atom is -0.493 e. The fourth-order valence-corrected chi connectivity index (χ4v) is 4.43. The summed E-state index contributed by atoms with van der Waals surface area (Å²) in [6, 6.07) is 12.7. The van der Waals surface area contributed by atoms with Gasteiger partial charge in [0.15, 0.2) is 11.5 Å². The molecule has 4 rings (SSSR count). The fourth-order valence-electron chi connectivity index (χ4n) is 3.57. The van der Waals surface area contributed by atoms with E-state index in [2.05, 4.69) is 10.3 Å². The zero-order chi connectivity index (χ0) is 22.0. The number of fused-ring (bicyclic) bond motifs is 2. The maximum atomic E-state index is 12.7. The van der Waals surface area contributed by atoms with Crippen molar-refractivity contribution in [2.75, 3.05) is 20.8 Å². The third-order valence-electron chi connectivity index (χ3n) is 4.99. The Bertz CT molecular complexity index is 1330. The molecular formula is C22H21N3O5S. The highest BCUT2D eigenvalue weighted by atomic mass is 32.1. The van der Waals surface area contributed by atoms with Gasteiger partial charge in [-0.15, -0.1) is 0 Å². The van der Waals surface area contributed by atoms with E-state index in [0.717, 1.165) is 22.4 Å². The third kappa shape index (κ3) is 3.85. The molecule has 0 fully saturated rings. The molecule has 9 heteroatoms. The summed E-state index contributed by atoms with van der Waals surface area (Å²) in [5.74, 6) is 1.01. The first-order valence-electron chi connectivity index (χ1n) is 9.59. The highest BCUT2D eigenvalue weighted by Gasteiger charge is 2.17. The van der Waals surface area contributed by atoms with E-state index >= 15 is 0 Å².